The molecule has 0 atom stereocenters. The van der Waals surface area contributed by atoms with Crippen molar-refractivity contribution in [2.45, 2.75) is 20.3 Å². The summed E-state index contributed by atoms with van der Waals surface area (Å²) in [6.45, 7) is 3.98. The molecule has 1 aromatic rings. The van der Waals surface area contributed by atoms with Gasteiger partial charge in [0.1, 0.15) is 0 Å². The van der Waals surface area contributed by atoms with Crippen LogP contribution in [0, 0.1) is 5.41 Å². The largest absolute Gasteiger partial charge is 0.294 e. The zero-order chi connectivity index (χ0) is 11.4. The molecule has 0 spiro atoms. The molecule has 1 aliphatic carbocycles. The maximum absolute atomic E-state index is 12.2. The first kappa shape index (κ1) is 11.8. The highest BCUT2D eigenvalue weighted by atomic mass is 79.9. The number of hydrogen-bond donors (Lipinski definition) is 0. The lowest BCUT2D eigenvalue weighted by molar-refractivity contribution is 0.0863. The molecule has 0 saturated carbocycles. The molecular formula is C11H9Br3O. The van der Waals surface area contributed by atoms with Crippen molar-refractivity contribution in [2.75, 3.05) is 0 Å². The van der Waals surface area contributed by atoms with Crippen LogP contribution >= 0.6 is 47.8 Å². The second kappa shape index (κ2) is 3.67. The lowest BCUT2D eigenvalue weighted by Gasteiger charge is -2.13. The van der Waals surface area contributed by atoms with E-state index in [1.807, 2.05) is 19.9 Å². The summed E-state index contributed by atoms with van der Waals surface area (Å²) in [7, 11) is 0. The van der Waals surface area contributed by atoms with Gasteiger partial charge in [0.25, 0.3) is 0 Å². The molecular weight excluding hydrogens is 388 g/mol. The van der Waals surface area contributed by atoms with E-state index in [4.69, 9.17) is 0 Å². The Labute approximate surface area is 114 Å². The summed E-state index contributed by atoms with van der Waals surface area (Å²) in [5.41, 5.74) is 1.65. The molecule has 0 N–H and O–H groups in total. The molecule has 0 unspecified atom stereocenters. The van der Waals surface area contributed by atoms with Crippen molar-refractivity contribution in [2.24, 2.45) is 5.41 Å². The summed E-state index contributed by atoms with van der Waals surface area (Å²) < 4.78 is 2.79. The van der Waals surface area contributed by atoms with E-state index in [1.165, 1.54) is 0 Å². The maximum atomic E-state index is 12.2. The number of carbonyl (C=O) groups excluding carboxylic acids is 1. The number of hydrogen-bond acceptors (Lipinski definition) is 1. The van der Waals surface area contributed by atoms with Crippen LogP contribution in [0.15, 0.2) is 19.5 Å². The molecule has 0 bridgehead atoms. The van der Waals surface area contributed by atoms with E-state index >= 15 is 0 Å². The molecule has 2 rings (SSSR count). The standard InChI is InChI=1S/C11H9Br3O/c1-11(2)4-5-6(12)3-7(13)9(14)8(5)10(11)15/h3H,4H2,1-2H3. The summed E-state index contributed by atoms with van der Waals surface area (Å²) in [6, 6.07) is 1.98. The summed E-state index contributed by atoms with van der Waals surface area (Å²) >= 11 is 10.4. The zero-order valence-corrected chi connectivity index (χ0v) is 13.1. The van der Waals surface area contributed by atoms with Crippen molar-refractivity contribution in [1.82, 2.24) is 0 Å². The van der Waals surface area contributed by atoms with Gasteiger partial charge in [-0.15, -0.1) is 0 Å². The molecule has 0 heterocycles. The second-order valence-electron chi connectivity index (χ2n) is 4.40. The van der Waals surface area contributed by atoms with Gasteiger partial charge in [0.05, 0.1) is 0 Å². The maximum Gasteiger partial charge on any atom is 0.170 e. The summed E-state index contributed by atoms with van der Waals surface area (Å²) in [5.74, 6) is 0.214. The van der Waals surface area contributed by atoms with Gasteiger partial charge < -0.3 is 0 Å². The van der Waals surface area contributed by atoms with Gasteiger partial charge in [-0.3, -0.25) is 4.79 Å². The Bertz CT molecular complexity index is 463. The van der Waals surface area contributed by atoms with Crippen LogP contribution in [-0.4, -0.2) is 5.78 Å². The predicted molar refractivity (Wildman–Crippen MR) is 71.4 cm³/mol. The molecule has 1 nitrogen and oxygen atoms in total. The molecule has 0 fully saturated rings. The van der Waals surface area contributed by atoms with Crippen molar-refractivity contribution < 1.29 is 4.79 Å². The lowest BCUT2D eigenvalue weighted by atomic mass is 9.89. The van der Waals surface area contributed by atoms with Gasteiger partial charge in [-0.2, -0.15) is 0 Å². The summed E-state index contributed by atoms with van der Waals surface area (Å²) in [4.78, 5) is 12.2. The van der Waals surface area contributed by atoms with Gasteiger partial charge in [-0.05, 0) is 49.9 Å². The number of halogens is 3. The van der Waals surface area contributed by atoms with Gasteiger partial charge in [0.2, 0.25) is 0 Å². The lowest BCUT2D eigenvalue weighted by Crippen LogP contribution is -2.19. The zero-order valence-electron chi connectivity index (χ0n) is 8.33. The monoisotopic (exact) mass is 394 g/mol. The molecule has 0 radical (unpaired) electrons. The van der Waals surface area contributed by atoms with Crippen LogP contribution in [0.5, 0.6) is 0 Å². The molecule has 0 aliphatic heterocycles. The topological polar surface area (TPSA) is 17.1 Å². The fourth-order valence-corrected chi connectivity index (χ4v) is 3.74. The molecule has 0 amide bonds. The SMILES string of the molecule is CC1(C)Cc2c(Br)cc(Br)c(Br)c2C1=O. The van der Waals surface area contributed by atoms with Gasteiger partial charge in [0.15, 0.2) is 5.78 Å². The molecule has 0 saturated heterocycles. The minimum Gasteiger partial charge on any atom is -0.294 e. The van der Waals surface area contributed by atoms with Gasteiger partial charge >= 0.3 is 0 Å². The average molecular weight is 397 g/mol. The van der Waals surface area contributed by atoms with E-state index in [9.17, 15) is 4.79 Å². The number of ketones is 1. The number of fused-ring (bicyclic) bond motifs is 1. The minimum absolute atomic E-state index is 0.214. The van der Waals surface area contributed by atoms with Gasteiger partial charge in [-0.25, -0.2) is 0 Å². The first-order valence-electron chi connectivity index (χ1n) is 4.56. The van der Waals surface area contributed by atoms with Gasteiger partial charge in [0, 0.05) is 24.4 Å². The van der Waals surface area contributed by atoms with Crippen LogP contribution in [0.25, 0.3) is 0 Å². The van der Waals surface area contributed by atoms with Crippen molar-refractivity contribution in [3.8, 4) is 0 Å². The molecule has 4 heteroatoms. The third-order valence-electron chi connectivity index (χ3n) is 2.73. The van der Waals surface area contributed by atoms with E-state index < -0.39 is 0 Å². The second-order valence-corrected chi connectivity index (χ2v) is 6.90. The van der Waals surface area contributed by atoms with Crippen LogP contribution in [0.1, 0.15) is 29.8 Å². The Hall–Kier alpha value is 0.330. The highest BCUT2D eigenvalue weighted by Gasteiger charge is 2.40. The molecule has 1 aromatic carbocycles. The first-order valence-corrected chi connectivity index (χ1v) is 6.93. The number of Topliss-reactive ketones (excluding diaryl/α,β-unsaturated/α-hetero) is 1. The van der Waals surface area contributed by atoms with E-state index in [0.29, 0.717) is 0 Å². The molecule has 1 aliphatic rings. The smallest absolute Gasteiger partial charge is 0.170 e. The van der Waals surface area contributed by atoms with Crippen LogP contribution in [0.4, 0.5) is 0 Å². The first-order chi connectivity index (χ1) is 6.84. The van der Waals surface area contributed by atoms with Crippen LogP contribution in [0.3, 0.4) is 0 Å². The van der Waals surface area contributed by atoms with Gasteiger partial charge in [-0.1, -0.05) is 29.8 Å². The highest BCUT2D eigenvalue weighted by Crippen LogP contribution is 2.45. The Morgan fingerprint density at radius 1 is 1.20 bits per heavy atom. The normalized spacial score (nSPS) is 18.1. The Morgan fingerprint density at radius 3 is 2.40 bits per heavy atom. The van der Waals surface area contributed by atoms with Crippen molar-refractivity contribution in [3.05, 3.63) is 30.6 Å². The summed E-state index contributed by atoms with van der Waals surface area (Å²) in [6.07, 6.45) is 0.799. The van der Waals surface area contributed by atoms with Crippen LogP contribution < -0.4 is 0 Å². The molecule has 0 aromatic heterocycles. The Kier molecular flexibility index (Phi) is 2.89. The van der Waals surface area contributed by atoms with Crippen molar-refractivity contribution in [1.29, 1.82) is 0 Å². The molecule has 80 valence electrons. The van der Waals surface area contributed by atoms with Crippen LogP contribution in [-0.2, 0) is 6.42 Å². The summed E-state index contributed by atoms with van der Waals surface area (Å²) in [5, 5.41) is 0. The minimum atomic E-state index is -0.284. The molecule has 15 heavy (non-hydrogen) atoms. The highest BCUT2D eigenvalue weighted by molar-refractivity contribution is 9.13. The van der Waals surface area contributed by atoms with E-state index in [-0.39, 0.29) is 11.2 Å². The number of carbonyl (C=O) groups is 1. The van der Waals surface area contributed by atoms with E-state index in [1.54, 1.807) is 0 Å². The Balaban J connectivity index is 2.75. The third kappa shape index (κ3) is 1.75. The Morgan fingerprint density at radius 2 is 1.80 bits per heavy atom. The average Bonchev–Trinajstić information content (AvgIpc) is 2.36. The van der Waals surface area contributed by atoms with E-state index in [2.05, 4.69) is 47.8 Å². The van der Waals surface area contributed by atoms with Crippen LogP contribution in [0.2, 0.25) is 0 Å². The number of rotatable bonds is 0. The predicted octanol–water partition coefficient (Wildman–Crippen LogP) is 4.74. The van der Waals surface area contributed by atoms with Crippen molar-refractivity contribution in [3.63, 3.8) is 0 Å². The quantitative estimate of drug-likeness (QED) is 0.579. The fraction of sp³-hybridized carbons (Fsp3) is 0.364. The third-order valence-corrected chi connectivity index (χ3v) is 5.42. The van der Waals surface area contributed by atoms with E-state index in [0.717, 1.165) is 31.0 Å². The number of benzene rings is 1. The van der Waals surface area contributed by atoms with Crippen molar-refractivity contribution >= 4 is 53.6 Å². The fourth-order valence-electron chi connectivity index (χ4n) is 1.90.